The number of amides is 1. The van der Waals surface area contributed by atoms with Gasteiger partial charge in [-0.15, -0.1) is 0 Å². The van der Waals surface area contributed by atoms with Crippen LogP contribution in [0.4, 0.5) is 0 Å². The van der Waals surface area contributed by atoms with Crippen LogP contribution in [-0.2, 0) is 11.3 Å². The Morgan fingerprint density at radius 1 is 1.25 bits per heavy atom. The minimum Gasteiger partial charge on any atom is -0.381 e. The summed E-state index contributed by atoms with van der Waals surface area (Å²) >= 11 is 0. The van der Waals surface area contributed by atoms with E-state index < -0.39 is 0 Å². The van der Waals surface area contributed by atoms with Crippen molar-refractivity contribution in [2.75, 3.05) is 13.2 Å². The number of hydrogen-bond acceptors (Lipinski definition) is 6. The maximum atomic E-state index is 12.5. The molecule has 9 nitrogen and oxygen atoms in total. The summed E-state index contributed by atoms with van der Waals surface area (Å²) in [5, 5.41) is 2.88. The van der Waals surface area contributed by atoms with Crippen molar-refractivity contribution >= 4 is 22.8 Å². The molecular weight excluding hydrogens is 358 g/mol. The van der Waals surface area contributed by atoms with E-state index in [4.69, 9.17) is 4.74 Å². The lowest BCUT2D eigenvalue weighted by atomic mass is 10.1. The van der Waals surface area contributed by atoms with Crippen molar-refractivity contribution < 1.29 is 9.53 Å². The van der Waals surface area contributed by atoms with Gasteiger partial charge in [0.15, 0.2) is 5.65 Å². The molecule has 28 heavy (non-hydrogen) atoms. The molecule has 9 heteroatoms. The number of nitrogens with one attached hydrogen (secondary N) is 1. The molecule has 0 saturated carbocycles. The summed E-state index contributed by atoms with van der Waals surface area (Å²) in [4.78, 5) is 30.0. The van der Waals surface area contributed by atoms with Gasteiger partial charge in [-0.05, 0) is 25.0 Å². The van der Waals surface area contributed by atoms with Crippen LogP contribution in [0.1, 0.15) is 34.9 Å². The van der Waals surface area contributed by atoms with Gasteiger partial charge < -0.3 is 14.6 Å². The monoisotopic (exact) mass is 377 g/mol. The molecule has 1 saturated heterocycles. The van der Waals surface area contributed by atoms with Gasteiger partial charge in [0.2, 0.25) is 5.78 Å². The number of fused-ring (bicyclic) bond motifs is 2. The lowest BCUT2D eigenvalue weighted by molar-refractivity contribution is 0.0704. The maximum Gasteiger partial charge on any atom is 0.253 e. The quantitative estimate of drug-likeness (QED) is 0.582. The van der Waals surface area contributed by atoms with Gasteiger partial charge in [0.05, 0.1) is 24.1 Å². The van der Waals surface area contributed by atoms with E-state index in [0.717, 1.165) is 42.9 Å². The zero-order chi connectivity index (χ0) is 18.9. The van der Waals surface area contributed by atoms with Gasteiger partial charge in [0.25, 0.3) is 5.91 Å². The zero-order valence-corrected chi connectivity index (χ0v) is 15.2. The van der Waals surface area contributed by atoms with Crippen LogP contribution in [-0.4, -0.2) is 48.0 Å². The summed E-state index contributed by atoms with van der Waals surface area (Å²) in [6.45, 7) is 1.82. The standard InChI is InChI=1S/C19H19N7O2/c27-18(22-10-14-11-25-5-1-4-20-19(25)24-14)13-8-16-17(21-9-13)26(12-23-16)15-2-6-28-7-3-15/h1,4-5,8-9,11-12,15H,2-3,6-7,10H2,(H,22,27). The number of rotatable bonds is 4. The molecule has 0 unspecified atom stereocenters. The van der Waals surface area contributed by atoms with E-state index in [1.54, 1.807) is 24.8 Å². The summed E-state index contributed by atoms with van der Waals surface area (Å²) in [5.74, 6) is 0.397. The molecule has 1 amide bonds. The zero-order valence-electron chi connectivity index (χ0n) is 15.2. The maximum absolute atomic E-state index is 12.5. The highest BCUT2D eigenvalue weighted by Crippen LogP contribution is 2.24. The largest absolute Gasteiger partial charge is 0.381 e. The highest BCUT2D eigenvalue weighted by Gasteiger charge is 2.19. The van der Waals surface area contributed by atoms with Gasteiger partial charge in [0.1, 0.15) is 5.52 Å². The number of nitrogens with zero attached hydrogens (tertiary/aromatic N) is 6. The topological polar surface area (TPSA) is 99.2 Å². The Morgan fingerprint density at radius 2 is 2.14 bits per heavy atom. The predicted octanol–water partition coefficient (Wildman–Crippen LogP) is 1.76. The molecular formula is C19H19N7O2. The van der Waals surface area contributed by atoms with Crippen LogP contribution in [0.25, 0.3) is 16.9 Å². The number of carbonyl (C=O) groups excluding carboxylic acids is 1. The molecule has 0 aliphatic carbocycles. The molecule has 4 aromatic rings. The first kappa shape index (κ1) is 16.8. The highest BCUT2D eigenvalue weighted by atomic mass is 16.5. The van der Waals surface area contributed by atoms with Crippen LogP contribution >= 0.6 is 0 Å². The van der Waals surface area contributed by atoms with Gasteiger partial charge in [0, 0.05) is 44.0 Å². The van der Waals surface area contributed by atoms with Crippen LogP contribution in [0.3, 0.4) is 0 Å². The van der Waals surface area contributed by atoms with E-state index >= 15 is 0 Å². The lowest BCUT2D eigenvalue weighted by Crippen LogP contribution is -2.23. The van der Waals surface area contributed by atoms with E-state index in [0.29, 0.717) is 23.9 Å². The molecule has 0 radical (unpaired) electrons. The van der Waals surface area contributed by atoms with Crippen LogP contribution in [0, 0.1) is 0 Å². The summed E-state index contributed by atoms with van der Waals surface area (Å²) in [6.07, 6.45) is 10.7. The molecule has 1 aliphatic heterocycles. The Morgan fingerprint density at radius 3 is 3.00 bits per heavy atom. The first-order valence-electron chi connectivity index (χ1n) is 9.25. The first-order chi connectivity index (χ1) is 13.8. The molecule has 1 aliphatic rings. The summed E-state index contributed by atoms with van der Waals surface area (Å²) in [7, 11) is 0. The van der Waals surface area contributed by atoms with Gasteiger partial charge in [-0.2, -0.15) is 0 Å². The molecule has 0 spiro atoms. The molecule has 4 aromatic heterocycles. The highest BCUT2D eigenvalue weighted by molar-refractivity contribution is 5.96. The summed E-state index contributed by atoms with van der Waals surface area (Å²) in [6, 6.07) is 3.95. The minimum atomic E-state index is -0.208. The molecule has 5 heterocycles. The molecule has 5 rings (SSSR count). The van der Waals surface area contributed by atoms with Crippen molar-refractivity contribution in [2.45, 2.75) is 25.4 Å². The third-order valence-electron chi connectivity index (χ3n) is 4.97. The van der Waals surface area contributed by atoms with Crippen molar-refractivity contribution in [1.29, 1.82) is 0 Å². The second kappa shape index (κ2) is 7.01. The average Bonchev–Trinajstić information content (AvgIpc) is 3.35. The normalized spacial score (nSPS) is 15.3. The smallest absolute Gasteiger partial charge is 0.253 e. The number of aromatic nitrogens is 6. The van der Waals surface area contributed by atoms with E-state index in [1.165, 1.54) is 0 Å². The molecule has 0 atom stereocenters. The summed E-state index contributed by atoms with van der Waals surface area (Å²) in [5.41, 5.74) is 2.74. The first-order valence-corrected chi connectivity index (χ1v) is 9.25. The van der Waals surface area contributed by atoms with Gasteiger partial charge in [-0.3, -0.25) is 9.20 Å². The second-order valence-electron chi connectivity index (χ2n) is 6.80. The fourth-order valence-electron chi connectivity index (χ4n) is 3.51. The number of carbonyl (C=O) groups is 1. The fourth-order valence-corrected chi connectivity index (χ4v) is 3.51. The Labute approximate surface area is 160 Å². The van der Waals surface area contributed by atoms with Crippen molar-refractivity contribution in [2.24, 2.45) is 0 Å². The third kappa shape index (κ3) is 3.09. The minimum absolute atomic E-state index is 0.208. The Kier molecular flexibility index (Phi) is 4.21. The van der Waals surface area contributed by atoms with Crippen molar-refractivity contribution in [3.63, 3.8) is 0 Å². The van der Waals surface area contributed by atoms with Crippen LogP contribution in [0.2, 0.25) is 0 Å². The van der Waals surface area contributed by atoms with Crippen LogP contribution in [0.15, 0.2) is 43.2 Å². The van der Waals surface area contributed by atoms with Gasteiger partial charge >= 0.3 is 0 Å². The Bertz CT molecular complexity index is 1110. The van der Waals surface area contributed by atoms with Crippen molar-refractivity contribution in [1.82, 2.24) is 34.2 Å². The Balaban J connectivity index is 1.31. The van der Waals surface area contributed by atoms with Crippen molar-refractivity contribution in [3.8, 4) is 0 Å². The predicted molar refractivity (Wildman–Crippen MR) is 101 cm³/mol. The second-order valence-corrected chi connectivity index (χ2v) is 6.80. The van der Waals surface area contributed by atoms with E-state index in [2.05, 4.69) is 29.8 Å². The number of hydrogen-bond donors (Lipinski definition) is 1. The van der Waals surface area contributed by atoms with Crippen molar-refractivity contribution in [3.05, 3.63) is 54.5 Å². The number of pyridine rings is 1. The third-order valence-corrected chi connectivity index (χ3v) is 4.97. The fraction of sp³-hybridized carbons (Fsp3) is 0.316. The van der Waals surface area contributed by atoms with Gasteiger partial charge in [-0.1, -0.05) is 0 Å². The molecule has 142 valence electrons. The molecule has 1 fully saturated rings. The van der Waals surface area contributed by atoms with E-state index in [-0.39, 0.29) is 5.91 Å². The lowest BCUT2D eigenvalue weighted by Gasteiger charge is -2.23. The number of ether oxygens (including phenoxy) is 1. The Hall–Kier alpha value is -3.33. The molecule has 0 bridgehead atoms. The molecule has 0 aromatic carbocycles. The van der Waals surface area contributed by atoms with E-state index in [1.807, 2.05) is 22.9 Å². The van der Waals surface area contributed by atoms with Crippen LogP contribution < -0.4 is 5.32 Å². The van der Waals surface area contributed by atoms with Gasteiger partial charge in [-0.25, -0.2) is 19.9 Å². The molecule has 1 N–H and O–H groups in total. The number of imidazole rings is 2. The van der Waals surface area contributed by atoms with E-state index in [9.17, 15) is 4.79 Å². The van der Waals surface area contributed by atoms with Crippen LogP contribution in [0.5, 0.6) is 0 Å². The summed E-state index contributed by atoms with van der Waals surface area (Å²) < 4.78 is 9.33. The average molecular weight is 377 g/mol. The SMILES string of the molecule is O=C(NCc1cn2cccnc2n1)c1cnc2c(c1)ncn2C1CCOCC1.